The molecule has 3 heteroatoms. The highest BCUT2D eigenvalue weighted by Crippen LogP contribution is 2.36. The van der Waals surface area contributed by atoms with Crippen molar-refractivity contribution in [3.8, 4) is 0 Å². The number of halogens is 2. The Morgan fingerprint density at radius 3 is 2.46 bits per heavy atom. The minimum absolute atomic E-state index is 0.432. The van der Waals surface area contributed by atoms with Crippen molar-refractivity contribution in [1.82, 2.24) is 0 Å². The maximum Gasteiger partial charge on any atom is 0.133 e. The van der Waals surface area contributed by atoms with Crippen molar-refractivity contribution >= 4 is 33.2 Å². The minimum Gasteiger partial charge on any atom is -0.325 e. The van der Waals surface area contributed by atoms with E-state index in [1.54, 1.807) is 0 Å². The third-order valence-electron chi connectivity index (χ3n) is 2.18. The van der Waals surface area contributed by atoms with E-state index in [1.807, 2.05) is 6.07 Å². The SMILES string of the molecule is Cc1c([NH3+])cc(Cl)c(C(C)C)c1Br. The van der Waals surface area contributed by atoms with Gasteiger partial charge in [-0.15, -0.1) is 0 Å². The van der Waals surface area contributed by atoms with E-state index < -0.39 is 0 Å². The lowest BCUT2D eigenvalue weighted by molar-refractivity contribution is -0.255. The lowest BCUT2D eigenvalue weighted by Crippen LogP contribution is -2.41. The molecule has 3 N–H and O–H groups in total. The zero-order valence-corrected chi connectivity index (χ0v) is 10.5. The van der Waals surface area contributed by atoms with Crippen LogP contribution in [0.15, 0.2) is 10.5 Å². The molecule has 0 radical (unpaired) electrons. The molecule has 0 amide bonds. The Morgan fingerprint density at radius 1 is 1.46 bits per heavy atom. The summed E-state index contributed by atoms with van der Waals surface area (Å²) < 4.78 is 1.10. The van der Waals surface area contributed by atoms with Crippen LogP contribution in [0.4, 0.5) is 5.69 Å². The fourth-order valence-corrected chi connectivity index (χ4v) is 2.80. The maximum absolute atomic E-state index is 6.13. The van der Waals surface area contributed by atoms with Crippen molar-refractivity contribution in [2.45, 2.75) is 26.7 Å². The van der Waals surface area contributed by atoms with Crippen molar-refractivity contribution in [3.63, 3.8) is 0 Å². The van der Waals surface area contributed by atoms with Crippen molar-refractivity contribution in [3.05, 3.63) is 26.7 Å². The summed E-state index contributed by atoms with van der Waals surface area (Å²) in [6.07, 6.45) is 0. The summed E-state index contributed by atoms with van der Waals surface area (Å²) in [5.41, 5.74) is 7.26. The lowest BCUT2D eigenvalue weighted by Gasteiger charge is -2.13. The molecule has 0 aliphatic carbocycles. The van der Waals surface area contributed by atoms with Crippen LogP contribution in [0.3, 0.4) is 0 Å². The summed E-state index contributed by atoms with van der Waals surface area (Å²) in [7, 11) is 0. The Labute approximate surface area is 92.4 Å². The molecule has 0 saturated heterocycles. The quantitative estimate of drug-likeness (QED) is 0.804. The number of rotatable bonds is 1. The molecule has 0 saturated carbocycles. The van der Waals surface area contributed by atoms with Crippen LogP contribution in [0.5, 0.6) is 0 Å². The van der Waals surface area contributed by atoms with E-state index in [0.29, 0.717) is 5.92 Å². The molecule has 0 aliphatic rings. The molecule has 0 fully saturated rings. The summed E-state index contributed by atoms with van der Waals surface area (Å²) in [5.74, 6) is 0.432. The summed E-state index contributed by atoms with van der Waals surface area (Å²) in [6.45, 7) is 6.32. The zero-order chi connectivity index (χ0) is 10.2. The molecule has 1 aromatic carbocycles. The van der Waals surface area contributed by atoms with E-state index in [4.69, 9.17) is 11.6 Å². The van der Waals surface area contributed by atoms with Crippen LogP contribution in [0.2, 0.25) is 5.02 Å². The van der Waals surface area contributed by atoms with Crippen LogP contribution in [0, 0.1) is 6.92 Å². The third kappa shape index (κ3) is 2.06. The highest BCUT2D eigenvalue weighted by molar-refractivity contribution is 9.10. The fraction of sp³-hybridized carbons (Fsp3) is 0.400. The Balaban J connectivity index is 3.44. The van der Waals surface area contributed by atoms with Gasteiger partial charge in [-0.25, -0.2) is 0 Å². The topological polar surface area (TPSA) is 27.6 Å². The van der Waals surface area contributed by atoms with Gasteiger partial charge in [-0.3, -0.25) is 0 Å². The van der Waals surface area contributed by atoms with E-state index >= 15 is 0 Å². The van der Waals surface area contributed by atoms with Crippen LogP contribution in [-0.4, -0.2) is 0 Å². The predicted octanol–water partition coefficient (Wildman–Crippen LogP) is 3.41. The first-order chi connectivity index (χ1) is 5.95. The van der Waals surface area contributed by atoms with E-state index in [1.165, 1.54) is 11.1 Å². The lowest BCUT2D eigenvalue weighted by atomic mass is 10.0. The summed E-state index contributed by atoms with van der Waals surface area (Å²) in [5, 5.41) is 0.803. The smallest absolute Gasteiger partial charge is 0.133 e. The second kappa shape index (κ2) is 3.99. The van der Waals surface area contributed by atoms with Gasteiger partial charge in [0.05, 0.1) is 5.02 Å². The number of benzene rings is 1. The Morgan fingerprint density at radius 2 is 2.00 bits per heavy atom. The van der Waals surface area contributed by atoms with Gasteiger partial charge >= 0.3 is 0 Å². The molecule has 0 heterocycles. The highest BCUT2D eigenvalue weighted by atomic mass is 79.9. The van der Waals surface area contributed by atoms with Gasteiger partial charge < -0.3 is 5.73 Å². The molecular formula is C10H14BrClN+. The minimum atomic E-state index is 0.432. The second-order valence-electron chi connectivity index (χ2n) is 3.52. The summed E-state index contributed by atoms with van der Waals surface area (Å²) >= 11 is 9.69. The molecule has 0 atom stereocenters. The Bertz CT molecular complexity index is 334. The van der Waals surface area contributed by atoms with Crippen molar-refractivity contribution in [2.24, 2.45) is 0 Å². The number of hydrogen-bond acceptors (Lipinski definition) is 0. The Hall–Kier alpha value is -0.0500. The van der Waals surface area contributed by atoms with Gasteiger partial charge in [0, 0.05) is 16.1 Å². The maximum atomic E-state index is 6.13. The third-order valence-corrected chi connectivity index (χ3v) is 3.52. The molecule has 1 rings (SSSR count). The van der Waals surface area contributed by atoms with Crippen molar-refractivity contribution < 1.29 is 5.73 Å². The first-order valence-electron chi connectivity index (χ1n) is 4.25. The largest absolute Gasteiger partial charge is 0.325 e. The van der Waals surface area contributed by atoms with Gasteiger partial charge in [0.1, 0.15) is 5.69 Å². The molecule has 0 aliphatic heterocycles. The van der Waals surface area contributed by atoms with Crippen LogP contribution in [0.25, 0.3) is 0 Å². The Kier molecular flexibility index (Phi) is 3.38. The summed E-state index contributed by atoms with van der Waals surface area (Å²) in [4.78, 5) is 0. The molecule has 72 valence electrons. The van der Waals surface area contributed by atoms with E-state index in [9.17, 15) is 0 Å². The van der Waals surface area contributed by atoms with Crippen LogP contribution in [-0.2, 0) is 0 Å². The van der Waals surface area contributed by atoms with Gasteiger partial charge in [0.2, 0.25) is 0 Å². The van der Waals surface area contributed by atoms with Crippen LogP contribution >= 0.6 is 27.5 Å². The molecule has 0 unspecified atom stereocenters. The van der Waals surface area contributed by atoms with Crippen LogP contribution < -0.4 is 5.73 Å². The average Bonchev–Trinajstić information content (AvgIpc) is 1.99. The fourth-order valence-electron chi connectivity index (χ4n) is 1.32. The highest BCUT2D eigenvalue weighted by Gasteiger charge is 2.15. The molecule has 13 heavy (non-hydrogen) atoms. The molecular weight excluding hydrogens is 249 g/mol. The molecule has 0 aromatic heterocycles. The first kappa shape index (κ1) is 11.0. The van der Waals surface area contributed by atoms with Gasteiger partial charge in [0.25, 0.3) is 0 Å². The molecule has 1 aromatic rings. The van der Waals surface area contributed by atoms with E-state index in [-0.39, 0.29) is 0 Å². The zero-order valence-electron chi connectivity index (χ0n) is 8.12. The van der Waals surface area contributed by atoms with Gasteiger partial charge in [-0.2, -0.15) is 0 Å². The van der Waals surface area contributed by atoms with Crippen molar-refractivity contribution in [2.75, 3.05) is 0 Å². The van der Waals surface area contributed by atoms with Crippen LogP contribution in [0.1, 0.15) is 30.9 Å². The molecule has 0 bridgehead atoms. The van der Waals surface area contributed by atoms with Gasteiger partial charge in [-0.1, -0.05) is 25.4 Å². The predicted molar refractivity (Wildman–Crippen MR) is 60.5 cm³/mol. The standard InChI is InChI=1S/C10H13BrClN/c1-5(2)9-7(12)4-8(13)6(3)10(9)11/h4-5H,13H2,1-3H3/p+1. The van der Waals surface area contributed by atoms with E-state index in [0.717, 1.165) is 15.2 Å². The monoisotopic (exact) mass is 262 g/mol. The number of quaternary nitrogens is 1. The first-order valence-corrected chi connectivity index (χ1v) is 5.42. The van der Waals surface area contributed by atoms with Crippen molar-refractivity contribution in [1.29, 1.82) is 0 Å². The van der Waals surface area contributed by atoms with Gasteiger partial charge in [0.15, 0.2) is 0 Å². The average molecular weight is 264 g/mol. The van der Waals surface area contributed by atoms with Gasteiger partial charge in [-0.05, 0) is 34.3 Å². The van der Waals surface area contributed by atoms with E-state index in [2.05, 4.69) is 42.4 Å². The normalized spacial score (nSPS) is 11.0. The molecule has 0 spiro atoms. The summed E-state index contributed by atoms with van der Waals surface area (Å²) in [6, 6.07) is 1.93. The molecule has 1 nitrogen and oxygen atoms in total. The second-order valence-corrected chi connectivity index (χ2v) is 4.73. The number of hydrogen-bond donors (Lipinski definition) is 1.